The molecule has 1 unspecified atom stereocenters. The number of nitrogens with one attached hydrogen (secondary N) is 1. The quantitative estimate of drug-likeness (QED) is 0.620. The molecule has 1 atom stereocenters. The van der Waals surface area contributed by atoms with Gasteiger partial charge in [-0.1, -0.05) is 28.2 Å². The third-order valence-electron chi connectivity index (χ3n) is 1.23. The van der Waals surface area contributed by atoms with Gasteiger partial charge in [0.1, 0.15) is 0 Å². The average molecular weight is 131 g/mol. The fourth-order valence-electron chi connectivity index (χ4n) is 0.687. The van der Waals surface area contributed by atoms with Crippen LogP contribution in [0.4, 0.5) is 0 Å². The van der Waals surface area contributed by atoms with Gasteiger partial charge in [-0.15, -0.1) is 0 Å². The average Bonchev–Trinajstić information content (AvgIpc) is 1.65. The zero-order valence-corrected chi connectivity index (χ0v) is 6.36. The minimum atomic E-state index is 0. The van der Waals surface area contributed by atoms with Crippen LogP contribution in [0.1, 0.15) is 41.5 Å². The molecule has 0 aliphatic carbocycles. The van der Waals surface area contributed by atoms with Gasteiger partial charge in [-0.2, -0.15) is 0 Å². The van der Waals surface area contributed by atoms with Crippen LogP contribution in [-0.2, 0) is 0 Å². The van der Waals surface area contributed by atoms with Crippen molar-refractivity contribution in [1.29, 1.82) is 0 Å². The van der Waals surface area contributed by atoms with Gasteiger partial charge in [-0.25, -0.2) is 0 Å². The molecular formula is C8H21N. The monoisotopic (exact) mass is 131 g/mol. The van der Waals surface area contributed by atoms with E-state index in [-0.39, 0.29) is 7.43 Å². The van der Waals surface area contributed by atoms with Gasteiger partial charge in [0.25, 0.3) is 0 Å². The Morgan fingerprint density at radius 2 is 1.67 bits per heavy atom. The van der Waals surface area contributed by atoms with Crippen molar-refractivity contribution in [2.45, 2.75) is 53.6 Å². The molecule has 0 spiro atoms. The van der Waals surface area contributed by atoms with E-state index in [1.807, 2.05) is 0 Å². The van der Waals surface area contributed by atoms with Crippen molar-refractivity contribution >= 4 is 0 Å². The largest absolute Gasteiger partial charge is 0.312 e. The molecule has 0 aromatic rings. The first-order valence-corrected chi connectivity index (χ1v) is 3.42. The highest BCUT2D eigenvalue weighted by Crippen LogP contribution is 1.89. The van der Waals surface area contributed by atoms with Crippen molar-refractivity contribution in [2.24, 2.45) is 0 Å². The third-order valence-corrected chi connectivity index (χ3v) is 1.23. The topological polar surface area (TPSA) is 12.0 Å². The zero-order chi connectivity index (χ0) is 6.57. The van der Waals surface area contributed by atoms with E-state index in [0.717, 1.165) is 0 Å². The second-order valence-corrected chi connectivity index (χ2v) is 2.63. The van der Waals surface area contributed by atoms with Gasteiger partial charge in [-0.05, 0) is 13.3 Å². The molecule has 0 saturated heterocycles. The van der Waals surface area contributed by atoms with Crippen molar-refractivity contribution < 1.29 is 0 Å². The Morgan fingerprint density at radius 1 is 1.22 bits per heavy atom. The van der Waals surface area contributed by atoms with Crippen molar-refractivity contribution in [3.63, 3.8) is 0 Å². The van der Waals surface area contributed by atoms with Crippen LogP contribution in [0.3, 0.4) is 0 Å². The van der Waals surface area contributed by atoms with Gasteiger partial charge < -0.3 is 5.32 Å². The normalized spacial score (nSPS) is 13.0. The summed E-state index contributed by atoms with van der Waals surface area (Å²) in [4.78, 5) is 0. The summed E-state index contributed by atoms with van der Waals surface area (Å²) < 4.78 is 0. The maximum Gasteiger partial charge on any atom is 0.00384 e. The summed E-state index contributed by atoms with van der Waals surface area (Å²) in [5, 5.41) is 3.39. The minimum absolute atomic E-state index is 0. The molecule has 0 aromatic heterocycles. The summed E-state index contributed by atoms with van der Waals surface area (Å²) in [6, 6.07) is 1.31. The fraction of sp³-hybridized carbons (Fsp3) is 1.00. The lowest BCUT2D eigenvalue weighted by atomic mass is 10.2. The predicted molar refractivity (Wildman–Crippen MR) is 44.8 cm³/mol. The van der Waals surface area contributed by atoms with Crippen LogP contribution in [0, 0.1) is 0 Å². The van der Waals surface area contributed by atoms with Crippen molar-refractivity contribution in [3.8, 4) is 0 Å². The van der Waals surface area contributed by atoms with Gasteiger partial charge in [0.2, 0.25) is 0 Å². The molecule has 0 aliphatic rings. The number of rotatable bonds is 3. The van der Waals surface area contributed by atoms with E-state index >= 15 is 0 Å². The minimum Gasteiger partial charge on any atom is -0.312 e. The Balaban J connectivity index is 0. The maximum absolute atomic E-state index is 3.39. The number of hydrogen-bond donors (Lipinski definition) is 1. The summed E-state index contributed by atoms with van der Waals surface area (Å²) >= 11 is 0. The van der Waals surface area contributed by atoms with Crippen LogP contribution >= 0.6 is 0 Å². The fourth-order valence-corrected chi connectivity index (χ4v) is 0.687. The van der Waals surface area contributed by atoms with Gasteiger partial charge in [0.05, 0.1) is 0 Å². The van der Waals surface area contributed by atoms with E-state index in [4.69, 9.17) is 0 Å². The number of hydrogen-bond acceptors (Lipinski definition) is 1. The van der Waals surface area contributed by atoms with E-state index in [2.05, 4.69) is 33.0 Å². The molecule has 1 heteroatoms. The highest BCUT2D eigenvalue weighted by molar-refractivity contribution is 4.60. The maximum atomic E-state index is 3.39. The molecule has 58 valence electrons. The van der Waals surface area contributed by atoms with Gasteiger partial charge in [-0.3, -0.25) is 0 Å². The van der Waals surface area contributed by atoms with Crippen LogP contribution in [-0.4, -0.2) is 12.1 Å². The smallest absolute Gasteiger partial charge is 0.00384 e. The molecule has 1 nitrogen and oxygen atoms in total. The Kier molecular flexibility index (Phi) is 7.92. The molecular weight excluding hydrogens is 110 g/mol. The van der Waals surface area contributed by atoms with E-state index < -0.39 is 0 Å². The summed E-state index contributed by atoms with van der Waals surface area (Å²) in [7, 11) is 0. The van der Waals surface area contributed by atoms with Gasteiger partial charge in [0, 0.05) is 12.1 Å². The second-order valence-electron chi connectivity index (χ2n) is 2.63. The summed E-state index contributed by atoms with van der Waals surface area (Å²) in [6.07, 6.45) is 1.22. The van der Waals surface area contributed by atoms with Crippen LogP contribution in [0.2, 0.25) is 0 Å². The Labute approximate surface area is 59.8 Å². The standard InChI is InChI=1S/C7H17N.CH4/c1-5-7(4)8-6(2)3;/h6-8H,5H2,1-4H3;1H4. The molecule has 0 amide bonds. The highest BCUT2D eigenvalue weighted by atomic mass is 14.9. The van der Waals surface area contributed by atoms with Crippen molar-refractivity contribution in [2.75, 3.05) is 0 Å². The van der Waals surface area contributed by atoms with E-state index in [1.165, 1.54) is 6.42 Å². The van der Waals surface area contributed by atoms with Gasteiger partial charge in [0.15, 0.2) is 0 Å². The summed E-state index contributed by atoms with van der Waals surface area (Å²) in [5.74, 6) is 0. The molecule has 1 N–H and O–H groups in total. The highest BCUT2D eigenvalue weighted by Gasteiger charge is 1.97. The molecule has 0 aliphatic heterocycles. The predicted octanol–water partition coefficient (Wildman–Crippen LogP) is 2.42. The van der Waals surface area contributed by atoms with E-state index in [1.54, 1.807) is 0 Å². The zero-order valence-electron chi connectivity index (χ0n) is 6.36. The first-order valence-electron chi connectivity index (χ1n) is 3.42. The molecule has 0 heterocycles. The Hall–Kier alpha value is -0.0400. The van der Waals surface area contributed by atoms with E-state index in [0.29, 0.717) is 12.1 Å². The molecule has 0 radical (unpaired) electrons. The lowest BCUT2D eigenvalue weighted by molar-refractivity contribution is 0.479. The van der Waals surface area contributed by atoms with Crippen LogP contribution in [0.15, 0.2) is 0 Å². The molecule has 0 bridgehead atoms. The Bertz CT molecular complexity index is 50.5. The summed E-state index contributed by atoms with van der Waals surface area (Å²) in [5.41, 5.74) is 0. The van der Waals surface area contributed by atoms with Crippen molar-refractivity contribution in [1.82, 2.24) is 5.32 Å². The van der Waals surface area contributed by atoms with E-state index in [9.17, 15) is 0 Å². The van der Waals surface area contributed by atoms with Crippen LogP contribution < -0.4 is 5.32 Å². The lowest BCUT2D eigenvalue weighted by Crippen LogP contribution is -2.31. The molecule has 0 saturated carbocycles. The Morgan fingerprint density at radius 3 is 1.78 bits per heavy atom. The summed E-state index contributed by atoms with van der Waals surface area (Å²) in [6.45, 7) is 8.75. The first-order chi connectivity index (χ1) is 3.66. The molecule has 0 rings (SSSR count). The SMILES string of the molecule is C.CCC(C)NC(C)C. The first kappa shape index (κ1) is 11.7. The van der Waals surface area contributed by atoms with Crippen LogP contribution in [0.25, 0.3) is 0 Å². The van der Waals surface area contributed by atoms with Gasteiger partial charge >= 0.3 is 0 Å². The lowest BCUT2D eigenvalue weighted by Gasteiger charge is -2.13. The molecule has 9 heavy (non-hydrogen) atoms. The third kappa shape index (κ3) is 7.96. The molecule has 0 fully saturated rings. The van der Waals surface area contributed by atoms with Crippen molar-refractivity contribution in [3.05, 3.63) is 0 Å². The molecule has 0 aromatic carbocycles. The second kappa shape index (κ2) is 6.09. The van der Waals surface area contributed by atoms with Crippen LogP contribution in [0.5, 0.6) is 0 Å².